The maximum absolute atomic E-state index is 6.10. The Morgan fingerprint density at radius 3 is 2.88 bits per heavy atom. The van der Waals surface area contributed by atoms with E-state index in [1.165, 1.54) is 8.66 Å². The summed E-state index contributed by atoms with van der Waals surface area (Å²) in [6.45, 7) is 6.76. The second-order valence-corrected chi connectivity index (χ2v) is 7.28. The second-order valence-electron chi connectivity index (χ2n) is 4.73. The standard InChI is InChI=1S/C12H19BrN2S/c1-8-9(2)15(6-5-11(8)14)7-10-3-4-12(13)16-10/h3-4,8-9,11H,5-7,14H2,1-2H3. The number of rotatable bonds is 2. The van der Waals surface area contributed by atoms with Crippen LogP contribution in [0.3, 0.4) is 0 Å². The zero-order valence-corrected chi connectivity index (χ0v) is 12.2. The van der Waals surface area contributed by atoms with Crippen molar-refractivity contribution in [1.29, 1.82) is 0 Å². The third-order valence-electron chi connectivity index (χ3n) is 3.75. The highest BCUT2D eigenvalue weighted by Crippen LogP contribution is 2.28. The number of thiophene rings is 1. The van der Waals surface area contributed by atoms with Gasteiger partial charge < -0.3 is 5.73 Å². The Balaban J connectivity index is 2.00. The van der Waals surface area contributed by atoms with Gasteiger partial charge in [-0.3, -0.25) is 4.90 Å². The molecule has 3 atom stereocenters. The van der Waals surface area contributed by atoms with Crippen molar-refractivity contribution in [2.75, 3.05) is 6.54 Å². The molecule has 3 unspecified atom stereocenters. The lowest BCUT2D eigenvalue weighted by molar-refractivity contribution is 0.0920. The fourth-order valence-electron chi connectivity index (χ4n) is 2.33. The molecule has 90 valence electrons. The van der Waals surface area contributed by atoms with Crippen LogP contribution >= 0.6 is 27.3 Å². The Morgan fingerprint density at radius 1 is 1.50 bits per heavy atom. The van der Waals surface area contributed by atoms with E-state index in [0.29, 0.717) is 18.0 Å². The molecule has 16 heavy (non-hydrogen) atoms. The van der Waals surface area contributed by atoms with Gasteiger partial charge in [0, 0.05) is 30.1 Å². The highest BCUT2D eigenvalue weighted by molar-refractivity contribution is 9.11. The summed E-state index contributed by atoms with van der Waals surface area (Å²) >= 11 is 5.34. The molecule has 0 spiro atoms. The van der Waals surface area contributed by atoms with E-state index in [-0.39, 0.29) is 0 Å². The van der Waals surface area contributed by atoms with Crippen molar-refractivity contribution < 1.29 is 0 Å². The summed E-state index contributed by atoms with van der Waals surface area (Å²) in [7, 11) is 0. The van der Waals surface area contributed by atoms with E-state index >= 15 is 0 Å². The molecule has 1 aliphatic rings. The zero-order valence-electron chi connectivity index (χ0n) is 9.82. The lowest BCUT2D eigenvalue weighted by Gasteiger charge is -2.41. The van der Waals surface area contributed by atoms with Crippen molar-refractivity contribution in [3.63, 3.8) is 0 Å². The Kier molecular flexibility index (Phi) is 4.06. The molecule has 1 fully saturated rings. The second kappa shape index (κ2) is 5.17. The molecule has 2 heterocycles. The fraction of sp³-hybridized carbons (Fsp3) is 0.667. The predicted octanol–water partition coefficient (Wildman–Crippen LogP) is 3.07. The number of piperidine rings is 1. The summed E-state index contributed by atoms with van der Waals surface area (Å²) in [5, 5.41) is 0. The van der Waals surface area contributed by atoms with Crippen LogP contribution in [0.25, 0.3) is 0 Å². The monoisotopic (exact) mass is 302 g/mol. The first-order chi connectivity index (χ1) is 7.58. The van der Waals surface area contributed by atoms with Gasteiger partial charge in [-0.25, -0.2) is 0 Å². The van der Waals surface area contributed by atoms with Crippen LogP contribution in [0, 0.1) is 5.92 Å². The summed E-state index contributed by atoms with van der Waals surface area (Å²) < 4.78 is 1.22. The van der Waals surface area contributed by atoms with Crippen molar-refractivity contribution in [2.24, 2.45) is 11.7 Å². The predicted molar refractivity (Wildman–Crippen MR) is 73.6 cm³/mol. The van der Waals surface area contributed by atoms with E-state index < -0.39 is 0 Å². The molecule has 1 aromatic heterocycles. The maximum Gasteiger partial charge on any atom is 0.0701 e. The molecule has 0 radical (unpaired) electrons. The molecule has 0 aromatic carbocycles. The Labute approximate surface area is 110 Å². The first-order valence-electron chi connectivity index (χ1n) is 5.82. The number of hydrogen-bond donors (Lipinski definition) is 1. The summed E-state index contributed by atoms with van der Waals surface area (Å²) in [5.41, 5.74) is 6.10. The summed E-state index contributed by atoms with van der Waals surface area (Å²) in [5.74, 6) is 0.595. The minimum Gasteiger partial charge on any atom is -0.327 e. The first kappa shape index (κ1) is 12.6. The van der Waals surface area contributed by atoms with Crippen molar-refractivity contribution in [1.82, 2.24) is 4.90 Å². The lowest BCUT2D eigenvalue weighted by Crippen LogP contribution is -2.51. The van der Waals surface area contributed by atoms with Crippen LogP contribution in [0.2, 0.25) is 0 Å². The SMILES string of the molecule is CC1C(N)CCN(Cc2ccc(Br)s2)C1C. The Morgan fingerprint density at radius 2 is 2.25 bits per heavy atom. The van der Waals surface area contributed by atoms with Crippen LogP contribution in [0.1, 0.15) is 25.1 Å². The number of hydrogen-bond acceptors (Lipinski definition) is 3. The summed E-state index contributed by atoms with van der Waals surface area (Å²) in [4.78, 5) is 3.98. The number of nitrogens with zero attached hydrogens (tertiary/aromatic N) is 1. The third kappa shape index (κ3) is 2.67. The fourth-order valence-corrected chi connectivity index (χ4v) is 3.84. The average Bonchev–Trinajstić information content (AvgIpc) is 2.65. The number of halogens is 1. The van der Waals surface area contributed by atoms with E-state index in [0.717, 1.165) is 19.5 Å². The molecule has 1 aromatic rings. The molecule has 0 amide bonds. The zero-order chi connectivity index (χ0) is 11.7. The van der Waals surface area contributed by atoms with E-state index in [1.54, 1.807) is 0 Å². The molecule has 2 rings (SSSR count). The number of likely N-dealkylation sites (tertiary alicyclic amines) is 1. The van der Waals surface area contributed by atoms with E-state index in [4.69, 9.17) is 5.73 Å². The normalized spacial score (nSPS) is 31.9. The van der Waals surface area contributed by atoms with Crippen LogP contribution in [-0.4, -0.2) is 23.5 Å². The van der Waals surface area contributed by atoms with Gasteiger partial charge in [0.15, 0.2) is 0 Å². The lowest BCUT2D eigenvalue weighted by atomic mass is 9.88. The maximum atomic E-state index is 6.10. The molecule has 1 saturated heterocycles. The largest absolute Gasteiger partial charge is 0.327 e. The molecule has 4 heteroatoms. The van der Waals surface area contributed by atoms with Crippen LogP contribution < -0.4 is 5.73 Å². The Bertz CT molecular complexity index is 353. The van der Waals surface area contributed by atoms with Crippen LogP contribution in [0.15, 0.2) is 15.9 Å². The van der Waals surface area contributed by atoms with Crippen molar-refractivity contribution in [2.45, 2.75) is 38.9 Å². The first-order valence-corrected chi connectivity index (χ1v) is 7.42. The molecule has 2 N–H and O–H groups in total. The van der Waals surface area contributed by atoms with Gasteiger partial charge in [-0.05, 0) is 47.3 Å². The average molecular weight is 303 g/mol. The van der Waals surface area contributed by atoms with Gasteiger partial charge >= 0.3 is 0 Å². The van der Waals surface area contributed by atoms with E-state index in [9.17, 15) is 0 Å². The van der Waals surface area contributed by atoms with E-state index in [1.807, 2.05) is 11.3 Å². The smallest absolute Gasteiger partial charge is 0.0701 e. The molecular weight excluding hydrogens is 284 g/mol. The molecule has 0 aliphatic carbocycles. The molecular formula is C12H19BrN2S. The topological polar surface area (TPSA) is 29.3 Å². The van der Waals surface area contributed by atoms with Gasteiger partial charge in [-0.15, -0.1) is 11.3 Å². The van der Waals surface area contributed by atoms with Crippen molar-refractivity contribution in [3.05, 3.63) is 20.8 Å². The van der Waals surface area contributed by atoms with Crippen molar-refractivity contribution in [3.8, 4) is 0 Å². The van der Waals surface area contributed by atoms with Gasteiger partial charge in [0.2, 0.25) is 0 Å². The van der Waals surface area contributed by atoms with Crippen LogP contribution in [-0.2, 0) is 6.54 Å². The highest BCUT2D eigenvalue weighted by atomic mass is 79.9. The molecule has 0 saturated carbocycles. The van der Waals surface area contributed by atoms with Gasteiger partial charge in [0.05, 0.1) is 3.79 Å². The minimum absolute atomic E-state index is 0.376. The molecule has 1 aliphatic heterocycles. The van der Waals surface area contributed by atoms with Crippen molar-refractivity contribution >= 4 is 27.3 Å². The third-order valence-corrected chi connectivity index (χ3v) is 5.36. The molecule has 0 bridgehead atoms. The van der Waals surface area contributed by atoms with Crippen LogP contribution in [0.5, 0.6) is 0 Å². The van der Waals surface area contributed by atoms with Gasteiger partial charge in [-0.2, -0.15) is 0 Å². The van der Waals surface area contributed by atoms with Gasteiger partial charge in [0.1, 0.15) is 0 Å². The summed E-state index contributed by atoms with van der Waals surface area (Å²) in [6, 6.07) is 5.30. The number of nitrogens with two attached hydrogens (primary N) is 1. The van der Waals surface area contributed by atoms with E-state index in [2.05, 4.69) is 46.8 Å². The minimum atomic E-state index is 0.376. The van der Waals surface area contributed by atoms with Crippen LogP contribution in [0.4, 0.5) is 0 Å². The molecule has 2 nitrogen and oxygen atoms in total. The van der Waals surface area contributed by atoms with Gasteiger partial charge in [-0.1, -0.05) is 6.92 Å². The van der Waals surface area contributed by atoms with Gasteiger partial charge in [0.25, 0.3) is 0 Å². The summed E-state index contributed by atoms with van der Waals surface area (Å²) in [6.07, 6.45) is 1.12. The quantitative estimate of drug-likeness (QED) is 0.910. The highest BCUT2D eigenvalue weighted by Gasteiger charge is 2.30. The Hall–Kier alpha value is 0.1000.